The normalized spacial score (nSPS) is 12.3. The number of nitrogens with zero attached hydrogens (tertiary/aromatic N) is 1. The Morgan fingerprint density at radius 2 is 1.97 bits per heavy atom. The number of ether oxygens (including phenoxy) is 2. The number of rotatable bonds is 10. The summed E-state index contributed by atoms with van der Waals surface area (Å²) in [7, 11) is -3.94. The molecule has 0 fully saturated rings. The Hall–Kier alpha value is -3.00. The number of sulfonamides is 1. The van der Waals surface area contributed by atoms with Crippen LogP contribution in [0, 0.1) is 11.3 Å². The van der Waals surface area contributed by atoms with Gasteiger partial charge in [-0.2, -0.15) is 5.26 Å². The van der Waals surface area contributed by atoms with Gasteiger partial charge in [0.15, 0.2) is 6.61 Å². The molecule has 2 aromatic carbocycles. The van der Waals surface area contributed by atoms with Crippen molar-refractivity contribution in [3.63, 3.8) is 0 Å². The molecule has 0 spiro atoms. The second-order valence-corrected chi connectivity index (χ2v) is 9.65. The van der Waals surface area contributed by atoms with Gasteiger partial charge in [-0.1, -0.05) is 48.3 Å². The molecule has 0 bridgehead atoms. The summed E-state index contributed by atoms with van der Waals surface area (Å²) in [6, 6.07) is 10.1. The van der Waals surface area contributed by atoms with Crippen molar-refractivity contribution in [1.29, 1.82) is 5.26 Å². The first kappa shape index (κ1) is 28.2. The number of carbonyl (C=O) groups excluding carboxylic acids is 1. The van der Waals surface area contributed by atoms with E-state index in [0.717, 1.165) is 6.07 Å². The summed E-state index contributed by atoms with van der Waals surface area (Å²) in [5.41, 5.74) is 0.472. The van der Waals surface area contributed by atoms with Crippen LogP contribution in [0.25, 0.3) is 0 Å². The van der Waals surface area contributed by atoms with Gasteiger partial charge in [-0.25, -0.2) is 13.6 Å². The molecule has 35 heavy (non-hydrogen) atoms. The van der Waals surface area contributed by atoms with Crippen molar-refractivity contribution >= 4 is 56.4 Å². The van der Waals surface area contributed by atoms with Crippen LogP contribution in [0.4, 0.5) is 5.69 Å². The number of nitriles is 1. The van der Waals surface area contributed by atoms with Crippen LogP contribution in [-0.2, 0) is 19.6 Å². The molecule has 2 rings (SSSR count). The number of nitrogens with two attached hydrogens (primary N) is 1. The first-order valence-electron chi connectivity index (χ1n) is 9.83. The molecule has 0 aliphatic heterocycles. The predicted molar refractivity (Wildman–Crippen MR) is 136 cm³/mol. The topological polar surface area (TPSA) is 132 Å². The van der Waals surface area contributed by atoms with Crippen molar-refractivity contribution in [3.05, 3.63) is 87.3 Å². The number of hydrogen-bond acceptors (Lipinski definition) is 6. The number of halogens is 3. The van der Waals surface area contributed by atoms with Crippen LogP contribution >= 0.6 is 34.8 Å². The maximum atomic E-state index is 12.3. The van der Waals surface area contributed by atoms with Gasteiger partial charge < -0.3 is 14.8 Å². The molecule has 0 aromatic heterocycles. The number of nitrogens with one attached hydrogen (secondary N) is 1. The average Bonchev–Trinajstić information content (AvgIpc) is 2.80. The van der Waals surface area contributed by atoms with Gasteiger partial charge in [-0.05, 0) is 48.9 Å². The van der Waals surface area contributed by atoms with Crippen LogP contribution in [0.1, 0.15) is 18.9 Å². The second-order valence-electron chi connectivity index (χ2n) is 6.79. The van der Waals surface area contributed by atoms with Crippen molar-refractivity contribution < 1.29 is 22.7 Å². The number of anilines is 1. The SMILES string of the molecule is C=C/C(=C\C(Oc1cc(Cl)cc(C#N)c1)=C(\Cl)CC)OCC(=O)Nc1ccc(S(N)(=O)=O)cc1Cl. The third-order valence-electron chi connectivity index (χ3n) is 4.19. The number of primary sulfonamides is 1. The molecular weight excluding hydrogens is 537 g/mol. The Morgan fingerprint density at radius 1 is 1.26 bits per heavy atom. The second kappa shape index (κ2) is 12.6. The zero-order chi connectivity index (χ0) is 26.2. The lowest BCUT2D eigenvalue weighted by molar-refractivity contribution is -0.119. The summed E-state index contributed by atoms with van der Waals surface area (Å²) in [4.78, 5) is 12.1. The Morgan fingerprint density at radius 3 is 2.54 bits per heavy atom. The van der Waals surface area contributed by atoms with Gasteiger partial charge in [0.05, 0.1) is 32.3 Å². The first-order chi connectivity index (χ1) is 16.5. The fraction of sp³-hybridized carbons (Fsp3) is 0.130. The van der Waals surface area contributed by atoms with E-state index in [9.17, 15) is 13.2 Å². The number of carbonyl (C=O) groups is 1. The minimum atomic E-state index is -3.94. The fourth-order valence-electron chi connectivity index (χ4n) is 2.55. The van der Waals surface area contributed by atoms with Crippen LogP contribution in [0.3, 0.4) is 0 Å². The number of benzene rings is 2. The van der Waals surface area contributed by atoms with Gasteiger partial charge in [-0.15, -0.1) is 0 Å². The van der Waals surface area contributed by atoms with Crippen molar-refractivity contribution in [1.82, 2.24) is 0 Å². The van der Waals surface area contributed by atoms with Crippen LogP contribution in [0.2, 0.25) is 10.0 Å². The molecule has 8 nitrogen and oxygen atoms in total. The highest BCUT2D eigenvalue weighted by atomic mass is 35.5. The highest BCUT2D eigenvalue weighted by Crippen LogP contribution is 2.27. The lowest BCUT2D eigenvalue weighted by Crippen LogP contribution is -2.18. The van der Waals surface area contributed by atoms with Crippen molar-refractivity contribution in [3.8, 4) is 11.8 Å². The summed E-state index contributed by atoms with van der Waals surface area (Å²) < 4.78 is 34.1. The molecule has 0 atom stereocenters. The van der Waals surface area contributed by atoms with E-state index in [1.807, 2.05) is 13.0 Å². The number of allylic oxidation sites excluding steroid dienone is 3. The fourth-order valence-corrected chi connectivity index (χ4v) is 3.70. The van der Waals surface area contributed by atoms with Crippen LogP contribution in [-0.4, -0.2) is 20.9 Å². The zero-order valence-corrected chi connectivity index (χ0v) is 21.4. The van der Waals surface area contributed by atoms with E-state index in [-0.39, 0.29) is 32.9 Å². The van der Waals surface area contributed by atoms with Gasteiger partial charge in [0.2, 0.25) is 10.0 Å². The molecule has 0 saturated carbocycles. The molecule has 0 unspecified atom stereocenters. The predicted octanol–water partition coefficient (Wildman–Crippen LogP) is 5.48. The minimum absolute atomic E-state index is 0.0176. The molecular formula is C23H20Cl3N3O5S. The third kappa shape index (κ3) is 8.62. The summed E-state index contributed by atoms with van der Waals surface area (Å²) in [6.45, 7) is 5.03. The first-order valence-corrected chi connectivity index (χ1v) is 12.5. The van der Waals surface area contributed by atoms with E-state index in [1.165, 1.54) is 42.5 Å². The maximum Gasteiger partial charge on any atom is 0.262 e. The Labute approximate surface area is 218 Å². The van der Waals surface area contributed by atoms with E-state index < -0.39 is 22.5 Å². The largest absolute Gasteiger partial charge is 0.484 e. The van der Waals surface area contributed by atoms with Gasteiger partial charge in [0.1, 0.15) is 17.3 Å². The molecule has 3 N–H and O–H groups in total. The van der Waals surface area contributed by atoms with Gasteiger partial charge in [-0.3, -0.25) is 4.79 Å². The smallest absolute Gasteiger partial charge is 0.262 e. The standard InChI is InChI=1S/C23H20Cl3N3O5S/c1-3-16(10-22(19(25)4-2)34-17-8-14(12-27)7-15(24)9-17)33-13-23(30)29-21-6-5-18(11-20(21)26)35(28,31)32/h3,5-11H,1,4,13H2,2H3,(H,29,30)(H2,28,31,32)/b16-10+,22-19-. The van der Waals surface area contributed by atoms with Gasteiger partial charge in [0, 0.05) is 11.1 Å². The molecule has 1 amide bonds. The summed E-state index contributed by atoms with van der Waals surface area (Å²) in [6.07, 6.45) is 3.22. The van der Waals surface area contributed by atoms with Crippen LogP contribution < -0.4 is 15.2 Å². The lowest BCUT2D eigenvalue weighted by atomic mass is 10.2. The summed E-state index contributed by atoms with van der Waals surface area (Å²) in [5.74, 6) is 0.0763. The third-order valence-corrected chi connectivity index (χ3v) is 6.09. The van der Waals surface area contributed by atoms with E-state index in [4.69, 9.17) is 54.7 Å². The Balaban J connectivity index is 2.15. The van der Waals surface area contributed by atoms with Crippen molar-refractivity contribution in [2.75, 3.05) is 11.9 Å². The Bertz CT molecular complexity index is 1350. The number of amides is 1. The highest BCUT2D eigenvalue weighted by molar-refractivity contribution is 7.89. The summed E-state index contributed by atoms with van der Waals surface area (Å²) in [5, 5.41) is 17.3. The Kier molecular flexibility index (Phi) is 10.2. The van der Waals surface area contributed by atoms with E-state index in [2.05, 4.69) is 11.9 Å². The molecule has 0 heterocycles. The van der Waals surface area contributed by atoms with Crippen LogP contribution in [0.5, 0.6) is 5.75 Å². The molecule has 0 aliphatic rings. The molecule has 184 valence electrons. The molecule has 2 aromatic rings. The van der Waals surface area contributed by atoms with E-state index >= 15 is 0 Å². The molecule has 0 aliphatic carbocycles. The quantitative estimate of drug-likeness (QED) is 0.294. The van der Waals surface area contributed by atoms with Gasteiger partial charge >= 0.3 is 0 Å². The van der Waals surface area contributed by atoms with Crippen LogP contribution in [0.15, 0.2) is 76.6 Å². The molecule has 0 saturated heterocycles. The summed E-state index contributed by atoms with van der Waals surface area (Å²) >= 11 is 18.4. The lowest BCUT2D eigenvalue weighted by Gasteiger charge is -2.13. The van der Waals surface area contributed by atoms with E-state index in [0.29, 0.717) is 22.0 Å². The monoisotopic (exact) mass is 555 g/mol. The van der Waals surface area contributed by atoms with Crippen molar-refractivity contribution in [2.24, 2.45) is 5.14 Å². The molecule has 0 radical (unpaired) electrons. The minimum Gasteiger partial charge on any atom is -0.484 e. The maximum absolute atomic E-state index is 12.3. The number of hydrogen-bond donors (Lipinski definition) is 2. The highest BCUT2D eigenvalue weighted by Gasteiger charge is 2.13. The zero-order valence-electron chi connectivity index (χ0n) is 18.3. The average molecular weight is 557 g/mol. The van der Waals surface area contributed by atoms with Crippen molar-refractivity contribution in [2.45, 2.75) is 18.2 Å². The van der Waals surface area contributed by atoms with E-state index in [1.54, 1.807) is 0 Å². The molecule has 12 heteroatoms. The van der Waals surface area contributed by atoms with Gasteiger partial charge in [0.25, 0.3) is 5.91 Å².